The van der Waals surface area contributed by atoms with Crippen LogP contribution in [-0.2, 0) is 4.79 Å². The molecule has 0 aliphatic carbocycles. The first-order valence-electron chi connectivity index (χ1n) is 5.65. The molecule has 1 amide bonds. The highest BCUT2D eigenvalue weighted by atomic mass is 16.6. The highest BCUT2D eigenvalue weighted by molar-refractivity contribution is 5.83. The summed E-state index contributed by atoms with van der Waals surface area (Å²) in [6, 6.07) is 5.59. The minimum absolute atomic E-state index is 0.0205. The number of non-ortho nitro benzene ring substituents is 1. The van der Waals surface area contributed by atoms with Crippen LogP contribution in [0.1, 0.15) is 18.5 Å². The van der Waals surface area contributed by atoms with Crippen LogP contribution in [0.25, 0.3) is 0 Å². The number of nitrogens with one attached hydrogen (secondary N) is 1. The Bertz CT molecular complexity index is 429. The topological polar surface area (TPSA) is 75.5 Å². The van der Waals surface area contributed by atoms with Gasteiger partial charge < -0.3 is 5.32 Å². The van der Waals surface area contributed by atoms with Crippen molar-refractivity contribution in [1.82, 2.24) is 10.2 Å². The fourth-order valence-corrected chi connectivity index (χ4v) is 1.73. The summed E-state index contributed by atoms with van der Waals surface area (Å²) in [5, 5.41) is 13.3. The Morgan fingerprint density at radius 3 is 2.33 bits per heavy atom. The highest BCUT2D eigenvalue weighted by Gasteiger charge is 2.22. The molecule has 0 bridgehead atoms. The second kappa shape index (κ2) is 6.11. The van der Waals surface area contributed by atoms with E-state index in [-0.39, 0.29) is 11.6 Å². The molecule has 0 spiro atoms. The largest absolute Gasteiger partial charge is 0.355 e. The van der Waals surface area contributed by atoms with Gasteiger partial charge in [0.2, 0.25) is 5.91 Å². The number of hydrogen-bond acceptors (Lipinski definition) is 4. The van der Waals surface area contributed by atoms with Crippen LogP contribution in [0, 0.1) is 10.1 Å². The van der Waals surface area contributed by atoms with Crippen molar-refractivity contribution < 1.29 is 9.72 Å². The number of amides is 1. The number of nitro benzene ring substituents is 1. The van der Waals surface area contributed by atoms with Crippen LogP contribution in [0.3, 0.4) is 0 Å². The van der Waals surface area contributed by atoms with Crippen LogP contribution in [-0.4, -0.2) is 36.4 Å². The number of nitrogens with zero attached hydrogens (tertiary/aromatic N) is 2. The molecule has 1 aromatic rings. The van der Waals surface area contributed by atoms with E-state index in [1.165, 1.54) is 12.1 Å². The number of rotatable bonds is 5. The maximum atomic E-state index is 11.9. The molecule has 0 saturated carbocycles. The minimum Gasteiger partial charge on any atom is -0.355 e. The summed E-state index contributed by atoms with van der Waals surface area (Å²) in [5.41, 5.74) is 0.753. The highest BCUT2D eigenvalue weighted by Crippen LogP contribution is 2.21. The molecule has 0 aliphatic rings. The summed E-state index contributed by atoms with van der Waals surface area (Å²) in [6.45, 7) is 2.40. The van der Waals surface area contributed by atoms with E-state index in [0.717, 1.165) is 5.56 Å². The summed E-state index contributed by atoms with van der Waals surface area (Å²) in [4.78, 5) is 23.8. The summed E-state index contributed by atoms with van der Waals surface area (Å²) in [7, 11) is 3.59. The molecular weight excluding hydrogens is 234 g/mol. The van der Waals surface area contributed by atoms with Gasteiger partial charge in [-0.3, -0.25) is 19.8 Å². The molecule has 0 saturated heterocycles. The van der Waals surface area contributed by atoms with E-state index in [4.69, 9.17) is 0 Å². The number of benzene rings is 1. The normalized spacial score (nSPS) is 12.2. The van der Waals surface area contributed by atoms with Crippen molar-refractivity contribution in [2.75, 3.05) is 20.6 Å². The van der Waals surface area contributed by atoms with E-state index in [1.807, 2.05) is 6.92 Å². The molecule has 6 heteroatoms. The Morgan fingerprint density at radius 1 is 1.39 bits per heavy atom. The molecule has 18 heavy (non-hydrogen) atoms. The Labute approximate surface area is 106 Å². The van der Waals surface area contributed by atoms with Gasteiger partial charge >= 0.3 is 0 Å². The van der Waals surface area contributed by atoms with Crippen molar-refractivity contribution in [3.05, 3.63) is 39.9 Å². The molecule has 98 valence electrons. The molecule has 1 unspecified atom stereocenters. The van der Waals surface area contributed by atoms with Gasteiger partial charge in [0.15, 0.2) is 0 Å². The van der Waals surface area contributed by atoms with E-state index >= 15 is 0 Å². The maximum absolute atomic E-state index is 11.9. The quantitative estimate of drug-likeness (QED) is 0.632. The molecule has 0 heterocycles. The molecule has 0 aliphatic heterocycles. The van der Waals surface area contributed by atoms with Gasteiger partial charge in [-0.2, -0.15) is 0 Å². The number of nitro groups is 1. The number of carbonyl (C=O) groups is 1. The lowest BCUT2D eigenvalue weighted by Crippen LogP contribution is -2.36. The lowest BCUT2D eigenvalue weighted by Gasteiger charge is -2.23. The monoisotopic (exact) mass is 251 g/mol. The molecule has 1 N–H and O–H groups in total. The summed E-state index contributed by atoms with van der Waals surface area (Å²) < 4.78 is 0. The zero-order valence-electron chi connectivity index (χ0n) is 10.7. The third-order valence-electron chi connectivity index (χ3n) is 2.54. The zero-order valence-corrected chi connectivity index (χ0v) is 10.7. The van der Waals surface area contributed by atoms with Gasteiger partial charge in [0.1, 0.15) is 6.04 Å². The van der Waals surface area contributed by atoms with E-state index < -0.39 is 11.0 Å². The van der Waals surface area contributed by atoms with Crippen molar-refractivity contribution in [3.63, 3.8) is 0 Å². The third kappa shape index (κ3) is 3.27. The second-order valence-electron chi connectivity index (χ2n) is 4.11. The van der Waals surface area contributed by atoms with Gasteiger partial charge in [-0.25, -0.2) is 0 Å². The molecule has 0 fully saturated rings. The lowest BCUT2D eigenvalue weighted by atomic mass is 10.0. The molecule has 1 rings (SSSR count). The van der Waals surface area contributed by atoms with Crippen LogP contribution in [0.4, 0.5) is 5.69 Å². The van der Waals surface area contributed by atoms with Crippen molar-refractivity contribution in [3.8, 4) is 0 Å². The van der Waals surface area contributed by atoms with Gasteiger partial charge in [-0.1, -0.05) is 12.1 Å². The first-order valence-corrected chi connectivity index (χ1v) is 5.65. The summed E-state index contributed by atoms with van der Waals surface area (Å²) in [5.74, 6) is -0.114. The third-order valence-corrected chi connectivity index (χ3v) is 2.54. The van der Waals surface area contributed by atoms with E-state index in [2.05, 4.69) is 5.32 Å². The Balaban J connectivity index is 2.99. The van der Waals surface area contributed by atoms with E-state index in [0.29, 0.717) is 6.54 Å². The van der Waals surface area contributed by atoms with Crippen LogP contribution >= 0.6 is 0 Å². The maximum Gasteiger partial charge on any atom is 0.269 e. The van der Waals surface area contributed by atoms with Gasteiger partial charge in [-0.05, 0) is 26.6 Å². The fraction of sp³-hybridized carbons (Fsp3) is 0.417. The molecular formula is C12H17N3O3. The standard InChI is InChI=1S/C12H17N3O3/c1-4-13-12(16)11(14(2)3)9-5-7-10(8-6-9)15(17)18/h5-8,11H,4H2,1-3H3,(H,13,16). The number of carbonyl (C=O) groups excluding carboxylic acids is 1. The summed E-state index contributed by atoms with van der Waals surface area (Å²) >= 11 is 0. The van der Waals surface area contributed by atoms with Gasteiger partial charge in [0.05, 0.1) is 4.92 Å². The zero-order chi connectivity index (χ0) is 13.7. The number of hydrogen-bond donors (Lipinski definition) is 1. The van der Waals surface area contributed by atoms with Gasteiger partial charge in [0.25, 0.3) is 5.69 Å². The predicted molar refractivity (Wildman–Crippen MR) is 68.2 cm³/mol. The Morgan fingerprint density at radius 2 is 1.94 bits per heavy atom. The fourth-order valence-electron chi connectivity index (χ4n) is 1.73. The van der Waals surface area contributed by atoms with Crippen molar-refractivity contribution >= 4 is 11.6 Å². The average Bonchev–Trinajstić information content (AvgIpc) is 2.29. The Kier molecular flexibility index (Phi) is 4.79. The second-order valence-corrected chi connectivity index (χ2v) is 4.11. The first kappa shape index (κ1) is 14.1. The smallest absolute Gasteiger partial charge is 0.269 e. The van der Waals surface area contributed by atoms with Crippen LogP contribution < -0.4 is 5.32 Å². The van der Waals surface area contributed by atoms with Gasteiger partial charge in [-0.15, -0.1) is 0 Å². The predicted octanol–water partition coefficient (Wildman–Crippen LogP) is 1.33. The van der Waals surface area contributed by atoms with Crippen LogP contribution in [0.2, 0.25) is 0 Å². The SMILES string of the molecule is CCNC(=O)C(c1ccc([N+](=O)[O-])cc1)N(C)C. The van der Waals surface area contributed by atoms with Crippen molar-refractivity contribution in [1.29, 1.82) is 0 Å². The molecule has 0 aromatic heterocycles. The molecule has 6 nitrogen and oxygen atoms in total. The van der Waals surface area contributed by atoms with Crippen molar-refractivity contribution in [2.45, 2.75) is 13.0 Å². The summed E-state index contributed by atoms with van der Waals surface area (Å²) in [6.07, 6.45) is 0. The number of likely N-dealkylation sites (N-methyl/N-ethyl adjacent to an activating group) is 2. The van der Waals surface area contributed by atoms with Crippen molar-refractivity contribution in [2.24, 2.45) is 0 Å². The molecule has 0 radical (unpaired) electrons. The molecule has 1 atom stereocenters. The average molecular weight is 251 g/mol. The van der Waals surface area contributed by atoms with Crippen LogP contribution in [0.15, 0.2) is 24.3 Å². The lowest BCUT2D eigenvalue weighted by molar-refractivity contribution is -0.384. The van der Waals surface area contributed by atoms with Gasteiger partial charge in [0, 0.05) is 18.7 Å². The first-order chi connectivity index (χ1) is 8.47. The van der Waals surface area contributed by atoms with E-state index in [1.54, 1.807) is 31.1 Å². The van der Waals surface area contributed by atoms with E-state index in [9.17, 15) is 14.9 Å². The van der Waals surface area contributed by atoms with Crippen LogP contribution in [0.5, 0.6) is 0 Å². The molecule has 1 aromatic carbocycles. The minimum atomic E-state index is -0.458. The Hall–Kier alpha value is -1.95.